The zero-order valence-corrected chi connectivity index (χ0v) is 8.87. The molecule has 0 aliphatic heterocycles. The monoisotopic (exact) mass is 212 g/mol. The third-order valence-corrected chi connectivity index (χ3v) is 1.50. The largest absolute Gasteiger partial charge is 0.456 e. The number of hydrogen-bond acceptors (Lipinski definition) is 4. The Morgan fingerprint density at radius 1 is 1.53 bits per heavy atom. The lowest BCUT2D eigenvalue weighted by molar-refractivity contribution is 0.00686. The standard InChI is InChI=1S/C10H13FN2O2/c1-10(2,3)15-9(14)6-4-7(11)8(12)13-5-6/h4-5H,1-3H3,(H2,12,13). The quantitative estimate of drug-likeness (QED) is 0.720. The average Bonchev–Trinajstić information content (AvgIpc) is 2.06. The molecule has 1 aromatic rings. The van der Waals surface area contributed by atoms with Gasteiger partial charge in [-0.05, 0) is 26.8 Å². The van der Waals surface area contributed by atoms with Crippen molar-refractivity contribution in [1.82, 2.24) is 4.98 Å². The molecule has 82 valence electrons. The normalized spacial score (nSPS) is 11.2. The van der Waals surface area contributed by atoms with E-state index < -0.39 is 17.4 Å². The van der Waals surface area contributed by atoms with Gasteiger partial charge in [0.15, 0.2) is 11.6 Å². The summed E-state index contributed by atoms with van der Waals surface area (Å²) in [7, 11) is 0. The molecule has 0 aliphatic rings. The number of rotatable bonds is 1. The van der Waals surface area contributed by atoms with Gasteiger partial charge in [0.1, 0.15) is 5.60 Å². The highest BCUT2D eigenvalue weighted by Gasteiger charge is 2.18. The number of aromatic nitrogens is 1. The molecule has 1 aromatic heterocycles. The molecule has 0 saturated heterocycles. The molecule has 0 amide bonds. The fraction of sp³-hybridized carbons (Fsp3) is 0.400. The van der Waals surface area contributed by atoms with Crippen LogP contribution in [0.3, 0.4) is 0 Å². The van der Waals surface area contributed by atoms with Crippen molar-refractivity contribution in [3.05, 3.63) is 23.6 Å². The summed E-state index contributed by atoms with van der Waals surface area (Å²) in [5.41, 5.74) is 4.61. The van der Waals surface area contributed by atoms with E-state index in [0.717, 1.165) is 6.07 Å². The summed E-state index contributed by atoms with van der Waals surface area (Å²) in [6.45, 7) is 5.18. The predicted molar refractivity (Wildman–Crippen MR) is 53.8 cm³/mol. The Morgan fingerprint density at radius 3 is 2.60 bits per heavy atom. The van der Waals surface area contributed by atoms with Crippen LogP contribution in [-0.2, 0) is 4.74 Å². The van der Waals surface area contributed by atoms with Gasteiger partial charge in [0.2, 0.25) is 0 Å². The van der Waals surface area contributed by atoms with Crippen LogP contribution in [0.2, 0.25) is 0 Å². The van der Waals surface area contributed by atoms with Crippen molar-refractivity contribution in [2.75, 3.05) is 5.73 Å². The zero-order valence-electron chi connectivity index (χ0n) is 8.87. The first kappa shape index (κ1) is 11.4. The Hall–Kier alpha value is -1.65. The highest BCUT2D eigenvalue weighted by molar-refractivity contribution is 5.89. The molecule has 1 heterocycles. The minimum atomic E-state index is -0.724. The number of ether oxygens (including phenoxy) is 1. The summed E-state index contributed by atoms with van der Waals surface area (Å²) in [6.07, 6.45) is 1.19. The number of nitrogen functional groups attached to an aromatic ring is 1. The Labute approximate surface area is 87.3 Å². The van der Waals surface area contributed by atoms with Crippen LogP contribution in [-0.4, -0.2) is 16.6 Å². The molecule has 1 rings (SSSR count). The van der Waals surface area contributed by atoms with Crippen LogP contribution in [0.4, 0.5) is 10.2 Å². The summed E-state index contributed by atoms with van der Waals surface area (Å²) in [5.74, 6) is -1.57. The van der Waals surface area contributed by atoms with Crippen molar-refractivity contribution in [1.29, 1.82) is 0 Å². The van der Waals surface area contributed by atoms with Crippen LogP contribution in [0.15, 0.2) is 12.3 Å². The molecule has 5 heteroatoms. The second-order valence-electron chi connectivity index (χ2n) is 4.09. The Balaban J connectivity index is 2.88. The van der Waals surface area contributed by atoms with Crippen molar-refractivity contribution >= 4 is 11.8 Å². The van der Waals surface area contributed by atoms with Gasteiger partial charge in [0.25, 0.3) is 0 Å². The smallest absolute Gasteiger partial charge is 0.340 e. The van der Waals surface area contributed by atoms with Gasteiger partial charge in [0, 0.05) is 6.20 Å². The number of hydrogen-bond donors (Lipinski definition) is 1. The van der Waals surface area contributed by atoms with Crippen LogP contribution in [0, 0.1) is 5.82 Å². The number of carbonyl (C=O) groups excluding carboxylic acids is 1. The fourth-order valence-electron chi connectivity index (χ4n) is 0.897. The number of nitrogens with zero attached hydrogens (tertiary/aromatic N) is 1. The van der Waals surface area contributed by atoms with Crippen molar-refractivity contribution in [2.24, 2.45) is 0 Å². The van der Waals surface area contributed by atoms with Gasteiger partial charge in [-0.1, -0.05) is 0 Å². The fourth-order valence-corrected chi connectivity index (χ4v) is 0.897. The first-order valence-electron chi connectivity index (χ1n) is 4.44. The van der Waals surface area contributed by atoms with E-state index in [2.05, 4.69) is 4.98 Å². The number of nitrogens with two attached hydrogens (primary N) is 1. The van der Waals surface area contributed by atoms with Gasteiger partial charge in [0.05, 0.1) is 5.56 Å². The van der Waals surface area contributed by atoms with Crippen LogP contribution >= 0.6 is 0 Å². The second-order valence-corrected chi connectivity index (χ2v) is 4.09. The lowest BCUT2D eigenvalue weighted by Gasteiger charge is -2.19. The minimum absolute atomic E-state index is 0.0524. The third kappa shape index (κ3) is 3.19. The molecule has 0 bridgehead atoms. The summed E-state index contributed by atoms with van der Waals surface area (Å²) in [6, 6.07) is 1.01. The maximum Gasteiger partial charge on any atom is 0.340 e. The first-order valence-corrected chi connectivity index (χ1v) is 4.44. The summed E-state index contributed by atoms with van der Waals surface area (Å²) in [4.78, 5) is 15.0. The van der Waals surface area contributed by atoms with Crippen molar-refractivity contribution in [2.45, 2.75) is 26.4 Å². The Bertz CT molecular complexity index is 385. The maximum absolute atomic E-state index is 13.0. The topological polar surface area (TPSA) is 65.2 Å². The summed E-state index contributed by atoms with van der Waals surface area (Å²) >= 11 is 0. The molecule has 15 heavy (non-hydrogen) atoms. The van der Waals surface area contributed by atoms with E-state index in [9.17, 15) is 9.18 Å². The molecule has 0 aliphatic carbocycles. The van der Waals surface area contributed by atoms with E-state index in [0.29, 0.717) is 0 Å². The molecular formula is C10H13FN2O2. The molecule has 2 N–H and O–H groups in total. The molecular weight excluding hydrogens is 199 g/mol. The van der Waals surface area contributed by atoms with Gasteiger partial charge in [-0.3, -0.25) is 0 Å². The molecule has 4 nitrogen and oxygen atoms in total. The van der Waals surface area contributed by atoms with E-state index in [1.807, 2.05) is 0 Å². The molecule has 0 atom stereocenters. The van der Waals surface area contributed by atoms with Gasteiger partial charge in [-0.2, -0.15) is 0 Å². The average molecular weight is 212 g/mol. The van der Waals surface area contributed by atoms with E-state index >= 15 is 0 Å². The second kappa shape index (κ2) is 3.84. The molecule has 0 spiro atoms. The minimum Gasteiger partial charge on any atom is -0.456 e. The first-order chi connectivity index (χ1) is 6.79. The number of carbonyl (C=O) groups is 1. The number of esters is 1. The van der Waals surface area contributed by atoms with E-state index in [4.69, 9.17) is 10.5 Å². The van der Waals surface area contributed by atoms with Crippen LogP contribution in [0.25, 0.3) is 0 Å². The van der Waals surface area contributed by atoms with Gasteiger partial charge in [-0.15, -0.1) is 0 Å². The lowest BCUT2D eigenvalue weighted by atomic mass is 10.2. The van der Waals surface area contributed by atoms with Crippen LogP contribution in [0.5, 0.6) is 0 Å². The van der Waals surface area contributed by atoms with E-state index in [-0.39, 0.29) is 11.4 Å². The third-order valence-electron chi connectivity index (χ3n) is 1.50. The van der Waals surface area contributed by atoms with E-state index in [1.54, 1.807) is 20.8 Å². The lowest BCUT2D eigenvalue weighted by Crippen LogP contribution is -2.24. The Kier molecular flexibility index (Phi) is 2.93. The maximum atomic E-state index is 13.0. The Morgan fingerprint density at radius 2 is 2.13 bits per heavy atom. The molecule has 0 fully saturated rings. The summed E-state index contributed by atoms with van der Waals surface area (Å²) < 4.78 is 18.0. The van der Waals surface area contributed by atoms with Crippen molar-refractivity contribution in [3.8, 4) is 0 Å². The van der Waals surface area contributed by atoms with Gasteiger partial charge >= 0.3 is 5.97 Å². The molecule has 0 aromatic carbocycles. The predicted octanol–water partition coefficient (Wildman–Crippen LogP) is 1.76. The highest BCUT2D eigenvalue weighted by Crippen LogP contribution is 2.14. The number of pyridine rings is 1. The SMILES string of the molecule is CC(C)(C)OC(=O)c1cnc(N)c(F)c1. The zero-order chi connectivity index (χ0) is 11.6. The van der Waals surface area contributed by atoms with Crippen LogP contribution < -0.4 is 5.73 Å². The number of halogens is 1. The van der Waals surface area contributed by atoms with Crippen LogP contribution in [0.1, 0.15) is 31.1 Å². The highest BCUT2D eigenvalue weighted by atomic mass is 19.1. The van der Waals surface area contributed by atoms with Crippen molar-refractivity contribution in [3.63, 3.8) is 0 Å². The van der Waals surface area contributed by atoms with Gasteiger partial charge < -0.3 is 10.5 Å². The summed E-state index contributed by atoms with van der Waals surface area (Å²) in [5, 5.41) is 0. The van der Waals surface area contributed by atoms with Gasteiger partial charge in [-0.25, -0.2) is 14.2 Å². The molecule has 0 unspecified atom stereocenters. The molecule has 0 radical (unpaired) electrons. The molecule has 0 saturated carbocycles. The number of anilines is 1. The van der Waals surface area contributed by atoms with E-state index in [1.165, 1.54) is 6.20 Å². The van der Waals surface area contributed by atoms with Crippen molar-refractivity contribution < 1.29 is 13.9 Å².